The maximum atomic E-state index is 11.9. The van der Waals surface area contributed by atoms with Crippen molar-refractivity contribution in [2.75, 3.05) is 0 Å². The molecule has 0 aliphatic heterocycles. The third-order valence-corrected chi connectivity index (χ3v) is 2.85. The minimum atomic E-state index is -0.572. The van der Waals surface area contributed by atoms with Crippen molar-refractivity contribution in [3.05, 3.63) is 75.3 Å². The van der Waals surface area contributed by atoms with Crippen molar-refractivity contribution in [2.24, 2.45) is 0 Å². The second kappa shape index (κ2) is 5.97. The molecule has 5 nitrogen and oxygen atoms in total. The van der Waals surface area contributed by atoms with Crippen LogP contribution in [0.25, 0.3) is 0 Å². The number of hydrogen-bond acceptors (Lipinski definition) is 4. The van der Waals surface area contributed by atoms with Crippen molar-refractivity contribution in [2.45, 2.75) is 13.5 Å². The molecular formula is C15H13NO4. The first-order valence-corrected chi connectivity index (χ1v) is 6.04. The quantitative estimate of drug-likeness (QED) is 0.486. The van der Waals surface area contributed by atoms with Crippen LogP contribution in [0.5, 0.6) is 0 Å². The zero-order chi connectivity index (χ0) is 14.5. The summed E-state index contributed by atoms with van der Waals surface area (Å²) in [7, 11) is 0. The first-order valence-electron chi connectivity index (χ1n) is 6.04. The monoisotopic (exact) mass is 271 g/mol. The first-order chi connectivity index (χ1) is 9.58. The fraction of sp³-hybridized carbons (Fsp3) is 0.133. The van der Waals surface area contributed by atoms with Crippen LogP contribution in [-0.4, -0.2) is 10.9 Å². The average Bonchev–Trinajstić information content (AvgIpc) is 2.46. The lowest BCUT2D eigenvalue weighted by molar-refractivity contribution is -0.385. The van der Waals surface area contributed by atoms with E-state index in [-0.39, 0.29) is 17.9 Å². The summed E-state index contributed by atoms with van der Waals surface area (Å²) in [5.74, 6) is -0.572. The third-order valence-electron chi connectivity index (χ3n) is 2.85. The number of carbonyl (C=O) groups excluding carboxylic acids is 1. The molecule has 2 aromatic rings. The Balaban J connectivity index is 2.10. The Kier molecular flexibility index (Phi) is 4.10. The van der Waals surface area contributed by atoms with Crippen LogP contribution >= 0.6 is 0 Å². The molecular weight excluding hydrogens is 258 g/mol. The molecule has 0 unspecified atom stereocenters. The number of carbonyl (C=O) groups is 1. The summed E-state index contributed by atoms with van der Waals surface area (Å²) in [6, 6.07) is 13.5. The second-order valence-corrected chi connectivity index (χ2v) is 4.32. The van der Waals surface area contributed by atoms with Crippen LogP contribution in [0.1, 0.15) is 21.5 Å². The molecule has 2 rings (SSSR count). The molecule has 0 amide bonds. The van der Waals surface area contributed by atoms with E-state index in [4.69, 9.17) is 4.74 Å². The maximum Gasteiger partial charge on any atom is 0.338 e. The molecule has 0 aliphatic carbocycles. The van der Waals surface area contributed by atoms with Gasteiger partial charge in [-0.15, -0.1) is 0 Å². The lowest BCUT2D eigenvalue weighted by Gasteiger charge is -2.05. The van der Waals surface area contributed by atoms with Gasteiger partial charge < -0.3 is 4.74 Å². The van der Waals surface area contributed by atoms with Gasteiger partial charge >= 0.3 is 5.97 Å². The average molecular weight is 271 g/mol. The van der Waals surface area contributed by atoms with Crippen molar-refractivity contribution in [1.82, 2.24) is 0 Å². The molecule has 0 heterocycles. The number of benzene rings is 2. The number of hydrogen-bond donors (Lipinski definition) is 0. The summed E-state index contributed by atoms with van der Waals surface area (Å²) in [6.07, 6.45) is 0. The van der Waals surface area contributed by atoms with Gasteiger partial charge in [0.2, 0.25) is 0 Å². The predicted molar refractivity (Wildman–Crippen MR) is 73.4 cm³/mol. The van der Waals surface area contributed by atoms with Gasteiger partial charge in [0.25, 0.3) is 5.69 Å². The molecule has 0 radical (unpaired) electrons. The molecule has 102 valence electrons. The van der Waals surface area contributed by atoms with Crippen molar-refractivity contribution in [1.29, 1.82) is 0 Å². The highest BCUT2D eigenvalue weighted by Crippen LogP contribution is 2.20. The number of ether oxygens (including phenoxy) is 1. The summed E-state index contributed by atoms with van der Waals surface area (Å²) in [4.78, 5) is 22.2. The van der Waals surface area contributed by atoms with Crippen molar-refractivity contribution in [3.8, 4) is 0 Å². The minimum absolute atomic E-state index is 0.0841. The largest absolute Gasteiger partial charge is 0.457 e. The number of aryl methyl sites for hydroxylation is 1. The zero-order valence-corrected chi connectivity index (χ0v) is 10.9. The van der Waals surface area contributed by atoms with Gasteiger partial charge in [0, 0.05) is 11.6 Å². The third kappa shape index (κ3) is 3.20. The van der Waals surface area contributed by atoms with Crippen molar-refractivity contribution < 1.29 is 14.5 Å². The van der Waals surface area contributed by atoms with E-state index in [1.165, 1.54) is 18.2 Å². The predicted octanol–water partition coefficient (Wildman–Crippen LogP) is 3.26. The Morgan fingerprint density at radius 1 is 1.20 bits per heavy atom. The smallest absolute Gasteiger partial charge is 0.338 e. The molecule has 2 aromatic carbocycles. The summed E-state index contributed by atoms with van der Waals surface area (Å²) in [5.41, 5.74) is 1.47. The molecule has 20 heavy (non-hydrogen) atoms. The van der Waals surface area contributed by atoms with Crippen molar-refractivity contribution >= 4 is 11.7 Å². The second-order valence-electron chi connectivity index (χ2n) is 4.32. The minimum Gasteiger partial charge on any atom is -0.457 e. The highest BCUT2D eigenvalue weighted by atomic mass is 16.6. The van der Waals surface area contributed by atoms with Gasteiger partial charge in [0.1, 0.15) is 6.61 Å². The fourth-order valence-electron chi connectivity index (χ4n) is 1.74. The van der Waals surface area contributed by atoms with Gasteiger partial charge in [-0.05, 0) is 18.6 Å². The molecule has 0 bridgehead atoms. The Morgan fingerprint density at radius 3 is 2.55 bits per heavy atom. The lowest BCUT2D eigenvalue weighted by Crippen LogP contribution is -2.06. The molecule has 0 fully saturated rings. The maximum absolute atomic E-state index is 11.9. The van der Waals surface area contributed by atoms with E-state index < -0.39 is 10.9 Å². The van der Waals surface area contributed by atoms with E-state index in [2.05, 4.69) is 0 Å². The number of nitro groups is 1. The fourth-order valence-corrected chi connectivity index (χ4v) is 1.74. The highest BCUT2D eigenvalue weighted by molar-refractivity contribution is 5.90. The van der Waals surface area contributed by atoms with Crippen LogP contribution < -0.4 is 0 Å². The van der Waals surface area contributed by atoms with E-state index in [0.29, 0.717) is 5.56 Å². The lowest BCUT2D eigenvalue weighted by atomic mass is 10.1. The van der Waals surface area contributed by atoms with E-state index in [1.54, 1.807) is 6.92 Å². The summed E-state index contributed by atoms with van der Waals surface area (Å²) in [5, 5.41) is 10.8. The van der Waals surface area contributed by atoms with Gasteiger partial charge in [-0.1, -0.05) is 36.4 Å². The Morgan fingerprint density at radius 2 is 1.90 bits per heavy atom. The van der Waals surface area contributed by atoms with Crippen LogP contribution in [0.3, 0.4) is 0 Å². The van der Waals surface area contributed by atoms with Gasteiger partial charge in [0.15, 0.2) is 0 Å². The Labute approximate surface area is 116 Å². The highest BCUT2D eigenvalue weighted by Gasteiger charge is 2.15. The molecule has 0 aromatic heterocycles. The normalized spacial score (nSPS) is 10.1. The van der Waals surface area contributed by atoms with Crippen LogP contribution in [0.2, 0.25) is 0 Å². The SMILES string of the molecule is Cc1ccc(C(=O)OCc2ccccc2)cc1[N+](=O)[O-]. The molecule has 0 saturated carbocycles. The molecule has 0 spiro atoms. The van der Waals surface area contributed by atoms with E-state index in [1.807, 2.05) is 30.3 Å². The molecule has 0 N–H and O–H groups in total. The van der Waals surface area contributed by atoms with Gasteiger partial charge in [-0.3, -0.25) is 10.1 Å². The van der Waals surface area contributed by atoms with Crippen LogP contribution in [-0.2, 0) is 11.3 Å². The zero-order valence-electron chi connectivity index (χ0n) is 10.9. The van der Waals surface area contributed by atoms with Crippen LogP contribution in [0, 0.1) is 17.0 Å². The first kappa shape index (κ1) is 13.7. The van der Waals surface area contributed by atoms with E-state index >= 15 is 0 Å². The molecule has 0 saturated heterocycles. The van der Waals surface area contributed by atoms with Crippen LogP contribution in [0.4, 0.5) is 5.69 Å². The number of esters is 1. The van der Waals surface area contributed by atoms with E-state index in [0.717, 1.165) is 5.56 Å². The topological polar surface area (TPSA) is 69.4 Å². The summed E-state index contributed by atoms with van der Waals surface area (Å²) in [6.45, 7) is 1.76. The molecule has 0 atom stereocenters. The standard InChI is InChI=1S/C15H13NO4/c1-11-7-8-13(9-14(11)16(18)19)15(17)20-10-12-5-3-2-4-6-12/h2-9H,10H2,1H3. The number of nitro benzene ring substituents is 1. The van der Waals surface area contributed by atoms with Gasteiger partial charge in [-0.25, -0.2) is 4.79 Å². The molecule has 5 heteroatoms. The van der Waals surface area contributed by atoms with Gasteiger partial charge in [-0.2, -0.15) is 0 Å². The molecule has 0 aliphatic rings. The number of nitrogens with zero attached hydrogens (tertiary/aromatic N) is 1. The Bertz CT molecular complexity index is 638. The summed E-state index contributed by atoms with van der Waals surface area (Å²) >= 11 is 0. The van der Waals surface area contributed by atoms with Crippen molar-refractivity contribution in [3.63, 3.8) is 0 Å². The van der Waals surface area contributed by atoms with Crippen LogP contribution in [0.15, 0.2) is 48.5 Å². The van der Waals surface area contributed by atoms with Gasteiger partial charge in [0.05, 0.1) is 10.5 Å². The summed E-state index contributed by atoms with van der Waals surface area (Å²) < 4.78 is 5.13. The number of rotatable bonds is 4. The van der Waals surface area contributed by atoms with E-state index in [9.17, 15) is 14.9 Å². The Hall–Kier alpha value is -2.69.